The third kappa shape index (κ3) is 4.33. The van der Waals surface area contributed by atoms with Gasteiger partial charge >= 0.3 is 0 Å². The molecule has 0 aliphatic carbocycles. The molecule has 0 radical (unpaired) electrons. The number of H-pyrrole nitrogens is 1. The van der Waals surface area contributed by atoms with Gasteiger partial charge in [0.15, 0.2) is 5.82 Å². The fourth-order valence-corrected chi connectivity index (χ4v) is 2.11. The molecule has 1 rings (SSSR count). The van der Waals surface area contributed by atoms with Crippen LogP contribution in [-0.2, 0) is 6.42 Å². The first-order chi connectivity index (χ1) is 7.28. The number of aromatic nitrogens is 3. The molecule has 3 nitrogen and oxygen atoms in total. The van der Waals surface area contributed by atoms with Crippen molar-refractivity contribution in [2.24, 2.45) is 11.3 Å². The summed E-state index contributed by atoms with van der Waals surface area (Å²) in [6.45, 7) is 13.4. The number of nitrogens with one attached hydrogen (secondary N) is 1. The molecule has 3 heteroatoms. The molecule has 0 aliphatic heterocycles. The minimum atomic E-state index is 0.389. The Balaban J connectivity index is 2.53. The minimum Gasteiger partial charge on any atom is -0.263 e. The first-order valence-electron chi connectivity index (χ1n) is 6.19. The highest BCUT2D eigenvalue weighted by molar-refractivity contribution is 4.95. The summed E-state index contributed by atoms with van der Waals surface area (Å²) in [6.07, 6.45) is 2.21. The Morgan fingerprint density at radius 2 is 1.81 bits per heavy atom. The average molecular weight is 223 g/mol. The average Bonchev–Trinajstić information content (AvgIpc) is 2.48. The van der Waals surface area contributed by atoms with Crippen LogP contribution in [0, 0.1) is 11.3 Å². The van der Waals surface area contributed by atoms with Gasteiger partial charge in [-0.25, -0.2) is 4.98 Å². The first kappa shape index (κ1) is 13.2. The van der Waals surface area contributed by atoms with E-state index < -0.39 is 0 Å². The first-order valence-corrected chi connectivity index (χ1v) is 6.19. The van der Waals surface area contributed by atoms with Crippen molar-refractivity contribution in [1.29, 1.82) is 0 Å². The van der Waals surface area contributed by atoms with Crippen molar-refractivity contribution >= 4 is 0 Å². The van der Waals surface area contributed by atoms with Crippen molar-refractivity contribution in [3.63, 3.8) is 0 Å². The summed E-state index contributed by atoms with van der Waals surface area (Å²) in [5.41, 5.74) is 0.389. The molecule has 0 spiro atoms. The monoisotopic (exact) mass is 223 g/mol. The van der Waals surface area contributed by atoms with Gasteiger partial charge in [-0.15, -0.1) is 0 Å². The Morgan fingerprint density at radius 1 is 1.19 bits per heavy atom. The molecule has 0 aliphatic rings. The highest BCUT2D eigenvalue weighted by atomic mass is 15.2. The summed E-state index contributed by atoms with van der Waals surface area (Å²) in [5, 5.41) is 7.27. The second-order valence-electron chi connectivity index (χ2n) is 6.37. The van der Waals surface area contributed by atoms with E-state index in [1.54, 1.807) is 0 Å². The molecule has 0 amide bonds. The molecule has 0 saturated heterocycles. The van der Waals surface area contributed by atoms with Crippen LogP contribution in [-0.4, -0.2) is 15.2 Å². The van der Waals surface area contributed by atoms with Gasteiger partial charge in [-0.05, 0) is 17.8 Å². The summed E-state index contributed by atoms with van der Waals surface area (Å²) in [4.78, 5) is 4.51. The van der Waals surface area contributed by atoms with Gasteiger partial charge in [0.05, 0.1) is 0 Å². The van der Waals surface area contributed by atoms with E-state index in [0.717, 1.165) is 18.1 Å². The van der Waals surface area contributed by atoms with Crippen molar-refractivity contribution in [3.8, 4) is 0 Å². The lowest BCUT2D eigenvalue weighted by atomic mass is 9.84. The third-order valence-corrected chi connectivity index (χ3v) is 2.57. The predicted molar refractivity (Wildman–Crippen MR) is 67.4 cm³/mol. The molecule has 0 aromatic carbocycles. The number of rotatable bonds is 4. The number of hydrogen-bond acceptors (Lipinski definition) is 2. The van der Waals surface area contributed by atoms with Gasteiger partial charge in [0.1, 0.15) is 5.82 Å². The van der Waals surface area contributed by atoms with Crippen molar-refractivity contribution in [1.82, 2.24) is 15.2 Å². The molecule has 0 saturated carbocycles. The Hall–Kier alpha value is -0.860. The van der Waals surface area contributed by atoms with Crippen LogP contribution < -0.4 is 0 Å². The molecule has 1 atom stereocenters. The molecule has 16 heavy (non-hydrogen) atoms. The molecule has 1 aromatic rings. The lowest BCUT2D eigenvalue weighted by molar-refractivity contribution is 0.304. The van der Waals surface area contributed by atoms with Crippen molar-refractivity contribution in [3.05, 3.63) is 11.6 Å². The maximum atomic E-state index is 4.51. The zero-order valence-electron chi connectivity index (χ0n) is 11.5. The second kappa shape index (κ2) is 4.98. The van der Waals surface area contributed by atoms with Gasteiger partial charge in [-0.1, -0.05) is 41.5 Å². The normalized spacial score (nSPS) is 14.4. The van der Waals surface area contributed by atoms with Crippen molar-refractivity contribution < 1.29 is 0 Å². The van der Waals surface area contributed by atoms with E-state index in [0.29, 0.717) is 17.3 Å². The fraction of sp³-hybridized carbons (Fsp3) is 0.846. The second-order valence-corrected chi connectivity index (χ2v) is 6.37. The quantitative estimate of drug-likeness (QED) is 0.848. The van der Waals surface area contributed by atoms with Gasteiger partial charge < -0.3 is 0 Å². The van der Waals surface area contributed by atoms with E-state index in [9.17, 15) is 0 Å². The van der Waals surface area contributed by atoms with Crippen LogP contribution in [0.3, 0.4) is 0 Å². The summed E-state index contributed by atoms with van der Waals surface area (Å²) in [6, 6.07) is 0. The number of aromatic amines is 1. The molecule has 0 fully saturated rings. The Labute approximate surface area is 99.1 Å². The zero-order valence-corrected chi connectivity index (χ0v) is 11.5. The van der Waals surface area contributed by atoms with E-state index >= 15 is 0 Å². The topological polar surface area (TPSA) is 41.6 Å². The molecule has 1 aromatic heterocycles. The maximum Gasteiger partial charge on any atom is 0.153 e. The molecule has 1 N–H and O–H groups in total. The molecule has 92 valence electrons. The van der Waals surface area contributed by atoms with Crippen LogP contribution in [0.15, 0.2) is 0 Å². The van der Waals surface area contributed by atoms with E-state index in [4.69, 9.17) is 0 Å². The van der Waals surface area contributed by atoms with E-state index in [1.165, 1.54) is 6.42 Å². The van der Waals surface area contributed by atoms with Crippen LogP contribution in [0.5, 0.6) is 0 Å². The van der Waals surface area contributed by atoms with Crippen molar-refractivity contribution in [2.75, 3.05) is 0 Å². The smallest absolute Gasteiger partial charge is 0.153 e. The van der Waals surface area contributed by atoms with Gasteiger partial charge in [0.25, 0.3) is 0 Å². The van der Waals surface area contributed by atoms with Crippen LogP contribution in [0.2, 0.25) is 0 Å². The van der Waals surface area contributed by atoms with Gasteiger partial charge in [0, 0.05) is 12.3 Å². The Morgan fingerprint density at radius 3 is 2.25 bits per heavy atom. The fourth-order valence-electron chi connectivity index (χ4n) is 2.11. The van der Waals surface area contributed by atoms with Gasteiger partial charge in [-0.3, -0.25) is 5.10 Å². The lowest BCUT2D eigenvalue weighted by Crippen LogP contribution is -2.13. The number of hydrogen-bond donors (Lipinski definition) is 1. The molecule has 1 heterocycles. The predicted octanol–water partition coefficient (Wildman–Crippen LogP) is 3.54. The van der Waals surface area contributed by atoms with Crippen LogP contribution in [0.4, 0.5) is 0 Å². The van der Waals surface area contributed by atoms with Crippen LogP contribution >= 0.6 is 0 Å². The summed E-state index contributed by atoms with van der Waals surface area (Å²) >= 11 is 0. The Bertz CT molecular complexity index is 320. The Kier molecular flexibility index (Phi) is 4.11. The van der Waals surface area contributed by atoms with Crippen LogP contribution in [0.1, 0.15) is 65.5 Å². The lowest BCUT2D eigenvalue weighted by Gasteiger charge is -2.22. The number of nitrogens with zero attached hydrogens (tertiary/aromatic N) is 2. The summed E-state index contributed by atoms with van der Waals surface area (Å²) in [5.74, 6) is 3.01. The van der Waals surface area contributed by atoms with E-state index in [-0.39, 0.29) is 0 Å². The van der Waals surface area contributed by atoms with Crippen LogP contribution in [0.25, 0.3) is 0 Å². The molecular weight excluding hydrogens is 198 g/mol. The molecule has 1 unspecified atom stereocenters. The highest BCUT2D eigenvalue weighted by Crippen LogP contribution is 2.25. The van der Waals surface area contributed by atoms with E-state index in [2.05, 4.69) is 56.7 Å². The standard InChI is InChI=1S/C13H25N3/c1-9(2)12-14-11(15-16-12)7-10(3)8-13(4,5)6/h9-10H,7-8H2,1-6H3,(H,14,15,16). The molecule has 0 bridgehead atoms. The zero-order chi connectivity index (χ0) is 12.3. The molecular formula is C13H25N3. The minimum absolute atomic E-state index is 0.389. The summed E-state index contributed by atoms with van der Waals surface area (Å²) in [7, 11) is 0. The van der Waals surface area contributed by atoms with Crippen molar-refractivity contribution in [2.45, 2.75) is 60.3 Å². The van der Waals surface area contributed by atoms with E-state index in [1.807, 2.05) is 0 Å². The van der Waals surface area contributed by atoms with Gasteiger partial charge in [-0.2, -0.15) is 5.10 Å². The summed E-state index contributed by atoms with van der Waals surface area (Å²) < 4.78 is 0. The SMILES string of the molecule is CC(Cc1nc(C(C)C)n[nH]1)CC(C)(C)C. The largest absolute Gasteiger partial charge is 0.263 e. The maximum absolute atomic E-state index is 4.51. The highest BCUT2D eigenvalue weighted by Gasteiger charge is 2.17. The third-order valence-electron chi connectivity index (χ3n) is 2.57. The van der Waals surface area contributed by atoms with Gasteiger partial charge in [0.2, 0.25) is 0 Å².